The molecule has 0 radical (unpaired) electrons. The zero-order valence-electron chi connectivity index (χ0n) is 14.8. The molecule has 0 bridgehead atoms. The summed E-state index contributed by atoms with van der Waals surface area (Å²) in [5, 5.41) is 27.4. The van der Waals surface area contributed by atoms with Crippen LogP contribution < -0.4 is 5.32 Å². The normalized spacial score (nSPS) is 10.4. The van der Waals surface area contributed by atoms with E-state index in [0.29, 0.717) is 28.3 Å². The number of tetrazole rings is 1. The molecule has 9 nitrogen and oxygen atoms in total. The number of carbonyl (C=O) groups is 1. The lowest BCUT2D eigenvalue weighted by Gasteiger charge is -2.09. The van der Waals surface area contributed by atoms with E-state index in [1.54, 1.807) is 54.6 Å². The van der Waals surface area contributed by atoms with E-state index in [1.807, 2.05) is 6.92 Å². The van der Waals surface area contributed by atoms with E-state index in [9.17, 15) is 4.79 Å². The van der Waals surface area contributed by atoms with E-state index in [1.165, 1.54) is 15.7 Å². The molecule has 0 saturated carbocycles. The van der Waals surface area contributed by atoms with Crippen molar-refractivity contribution in [3.05, 3.63) is 77.9 Å². The van der Waals surface area contributed by atoms with Crippen LogP contribution in [0.3, 0.4) is 0 Å². The molecular formula is C19H14N8O. The molecule has 0 aliphatic rings. The van der Waals surface area contributed by atoms with Crippen molar-refractivity contribution in [2.24, 2.45) is 0 Å². The predicted octanol–water partition coefficient (Wildman–Crippen LogP) is 2.28. The molecule has 4 aromatic rings. The molecule has 2 heterocycles. The summed E-state index contributed by atoms with van der Waals surface area (Å²) >= 11 is 0. The molecule has 2 aromatic carbocycles. The van der Waals surface area contributed by atoms with Gasteiger partial charge in [0.25, 0.3) is 5.91 Å². The van der Waals surface area contributed by atoms with Gasteiger partial charge in [-0.15, -0.1) is 5.10 Å². The van der Waals surface area contributed by atoms with E-state index >= 15 is 0 Å². The maximum absolute atomic E-state index is 12.8. The van der Waals surface area contributed by atoms with Gasteiger partial charge in [0.15, 0.2) is 0 Å². The lowest BCUT2D eigenvalue weighted by Crippen LogP contribution is -2.17. The molecule has 28 heavy (non-hydrogen) atoms. The summed E-state index contributed by atoms with van der Waals surface area (Å²) in [6, 6.07) is 17.8. The van der Waals surface area contributed by atoms with Crippen LogP contribution in [0.4, 0.5) is 5.69 Å². The van der Waals surface area contributed by atoms with Gasteiger partial charge in [-0.25, -0.2) is 9.36 Å². The van der Waals surface area contributed by atoms with Crippen molar-refractivity contribution in [2.45, 2.75) is 6.92 Å². The van der Waals surface area contributed by atoms with Crippen LogP contribution in [0.1, 0.15) is 21.7 Å². The molecule has 0 spiro atoms. The number of nitrogens with zero attached hydrogens (tertiary/aromatic N) is 7. The summed E-state index contributed by atoms with van der Waals surface area (Å²) < 4.78 is 3.05. The Bertz CT molecular complexity index is 1170. The Morgan fingerprint density at radius 2 is 1.93 bits per heavy atom. The van der Waals surface area contributed by atoms with Crippen molar-refractivity contribution in [3.8, 4) is 17.4 Å². The minimum Gasteiger partial charge on any atom is -0.321 e. The quantitative estimate of drug-likeness (QED) is 0.589. The van der Waals surface area contributed by atoms with E-state index in [-0.39, 0.29) is 5.91 Å². The fourth-order valence-electron chi connectivity index (χ4n) is 2.74. The second-order valence-corrected chi connectivity index (χ2v) is 6.00. The number of anilines is 1. The molecule has 0 atom stereocenters. The van der Waals surface area contributed by atoms with Gasteiger partial charge in [0, 0.05) is 5.69 Å². The zero-order valence-corrected chi connectivity index (χ0v) is 14.8. The summed E-state index contributed by atoms with van der Waals surface area (Å²) in [5.41, 5.74) is 3.61. The number of hydrogen-bond acceptors (Lipinski definition) is 6. The molecule has 136 valence electrons. The summed E-state index contributed by atoms with van der Waals surface area (Å²) in [7, 11) is 0. The van der Waals surface area contributed by atoms with Gasteiger partial charge in [-0.1, -0.05) is 6.07 Å². The highest BCUT2D eigenvalue weighted by atomic mass is 16.2. The summed E-state index contributed by atoms with van der Waals surface area (Å²) in [5.74, 6) is -0.307. The highest BCUT2D eigenvalue weighted by Gasteiger charge is 2.16. The molecular weight excluding hydrogens is 356 g/mol. The van der Waals surface area contributed by atoms with Crippen LogP contribution in [0.25, 0.3) is 11.4 Å². The third-order valence-corrected chi connectivity index (χ3v) is 4.02. The topological polar surface area (TPSA) is 114 Å². The summed E-state index contributed by atoms with van der Waals surface area (Å²) in [6.45, 7) is 1.81. The third kappa shape index (κ3) is 3.34. The SMILES string of the molecule is Cc1cc(C(=O)Nc2ccc(-n3cnnn3)cc2)n(-c2cccc(C#N)c2)n1. The van der Waals surface area contributed by atoms with Crippen LogP contribution in [0.15, 0.2) is 60.9 Å². The minimum atomic E-state index is -0.307. The Balaban J connectivity index is 1.59. The van der Waals surface area contributed by atoms with Crippen molar-refractivity contribution in [1.29, 1.82) is 5.26 Å². The number of nitriles is 1. The highest BCUT2D eigenvalue weighted by molar-refractivity contribution is 6.03. The van der Waals surface area contributed by atoms with Gasteiger partial charge in [-0.05, 0) is 65.9 Å². The number of hydrogen-bond donors (Lipinski definition) is 1. The fraction of sp³-hybridized carbons (Fsp3) is 0.0526. The van der Waals surface area contributed by atoms with Crippen LogP contribution in [-0.2, 0) is 0 Å². The number of amides is 1. The molecule has 0 saturated heterocycles. The monoisotopic (exact) mass is 370 g/mol. The van der Waals surface area contributed by atoms with Crippen molar-refractivity contribution < 1.29 is 4.79 Å². The van der Waals surface area contributed by atoms with Gasteiger partial charge in [-0.2, -0.15) is 10.4 Å². The van der Waals surface area contributed by atoms with Gasteiger partial charge >= 0.3 is 0 Å². The van der Waals surface area contributed by atoms with Gasteiger partial charge in [0.1, 0.15) is 12.0 Å². The predicted molar refractivity (Wildman–Crippen MR) is 100 cm³/mol. The third-order valence-electron chi connectivity index (χ3n) is 4.02. The minimum absolute atomic E-state index is 0.307. The van der Waals surface area contributed by atoms with Crippen molar-refractivity contribution in [2.75, 3.05) is 5.32 Å². The number of rotatable bonds is 4. The first kappa shape index (κ1) is 17.1. The maximum atomic E-state index is 12.8. The van der Waals surface area contributed by atoms with Gasteiger partial charge in [-0.3, -0.25) is 4.79 Å². The molecule has 4 rings (SSSR count). The largest absolute Gasteiger partial charge is 0.321 e. The number of aryl methyl sites for hydroxylation is 1. The molecule has 1 amide bonds. The molecule has 0 aliphatic carbocycles. The first-order valence-corrected chi connectivity index (χ1v) is 8.36. The summed E-state index contributed by atoms with van der Waals surface area (Å²) in [6.07, 6.45) is 1.49. The Hall–Kier alpha value is -4.32. The Labute approximate surface area is 159 Å². The molecule has 0 unspecified atom stereocenters. The Morgan fingerprint density at radius 1 is 1.11 bits per heavy atom. The van der Waals surface area contributed by atoms with Crippen molar-refractivity contribution >= 4 is 11.6 Å². The second kappa shape index (κ2) is 7.13. The Morgan fingerprint density at radius 3 is 2.64 bits per heavy atom. The van der Waals surface area contributed by atoms with Crippen LogP contribution in [-0.4, -0.2) is 35.9 Å². The van der Waals surface area contributed by atoms with Crippen LogP contribution in [0.5, 0.6) is 0 Å². The van der Waals surface area contributed by atoms with Gasteiger partial charge in [0.05, 0.1) is 28.7 Å². The highest BCUT2D eigenvalue weighted by Crippen LogP contribution is 2.17. The standard InChI is InChI=1S/C19H14N8O/c1-13-9-18(27(23-13)17-4-2-3-14(10-17)11-20)19(28)22-15-5-7-16(8-6-15)26-12-21-24-25-26/h2-10,12H,1H3,(H,22,28). The maximum Gasteiger partial charge on any atom is 0.274 e. The zero-order chi connectivity index (χ0) is 19.5. The van der Waals surface area contributed by atoms with Crippen molar-refractivity contribution in [3.63, 3.8) is 0 Å². The van der Waals surface area contributed by atoms with E-state index in [0.717, 1.165) is 5.69 Å². The molecule has 1 N–H and O–H groups in total. The summed E-state index contributed by atoms with van der Waals surface area (Å²) in [4.78, 5) is 12.8. The molecule has 0 fully saturated rings. The lowest BCUT2D eigenvalue weighted by molar-refractivity contribution is 0.101. The fourth-order valence-corrected chi connectivity index (χ4v) is 2.74. The van der Waals surface area contributed by atoms with E-state index in [4.69, 9.17) is 5.26 Å². The van der Waals surface area contributed by atoms with Gasteiger partial charge < -0.3 is 5.32 Å². The molecule has 2 aromatic heterocycles. The number of carbonyl (C=O) groups excluding carboxylic acids is 1. The van der Waals surface area contributed by atoms with Crippen LogP contribution in [0.2, 0.25) is 0 Å². The van der Waals surface area contributed by atoms with Crippen molar-refractivity contribution in [1.82, 2.24) is 30.0 Å². The molecule has 0 aliphatic heterocycles. The first-order valence-electron chi connectivity index (χ1n) is 8.36. The number of nitrogens with one attached hydrogen (secondary N) is 1. The average molecular weight is 370 g/mol. The average Bonchev–Trinajstić information content (AvgIpc) is 3.38. The number of benzene rings is 2. The van der Waals surface area contributed by atoms with Gasteiger partial charge in [0.2, 0.25) is 0 Å². The van der Waals surface area contributed by atoms with E-state index < -0.39 is 0 Å². The van der Waals surface area contributed by atoms with Crippen LogP contribution >= 0.6 is 0 Å². The van der Waals surface area contributed by atoms with Crippen LogP contribution in [0, 0.1) is 18.3 Å². The second-order valence-electron chi connectivity index (χ2n) is 6.00. The Kier molecular flexibility index (Phi) is 4.35. The number of aromatic nitrogens is 6. The molecule has 9 heteroatoms. The van der Waals surface area contributed by atoms with E-state index in [2.05, 4.69) is 32.0 Å². The lowest BCUT2D eigenvalue weighted by atomic mass is 10.2. The first-order chi connectivity index (χ1) is 13.6. The smallest absolute Gasteiger partial charge is 0.274 e.